The van der Waals surface area contributed by atoms with Crippen molar-refractivity contribution in [2.24, 2.45) is 0 Å². The Labute approximate surface area is 110 Å². The summed E-state index contributed by atoms with van der Waals surface area (Å²) in [5, 5.41) is 8.52. The molecule has 3 aromatic heterocycles. The molecule has 96 valence electrons. The molecule has 0 aromatic carbocycles. The van der Waals surface area contributed by atoms with Crippen LogP contribution in [0.15, 0.2) is 18.3 Å². The van der Waals surface area contributed by atoms with E-state index in [9.17, 15) is 0 Å². The summed E-state index contributed by atoms with van der Waals surface area (Å²) in [6.07, 6.45) is 4.11. The number of nitrogens with zero attached hydrogens (tertiary/aromatic N) is 5. The fraction of sp³-hybridized carbons (Fsp3) is 0.357. The van der Waals surface area contributed by atoms with Gasteiger partial charge in [0.05, 0.1) is 5.69 Å². The maximum atomic E-state index is 4.42. The number of pyridine rings is 1. The van der Waals surface area contributed by atoms with Gasteiger partial charge < -0.3 is 4.57 Å². The SMILES string of the molecule is Cc1c(-n2nnc3cccnc32)c2n(c1C)CCC2. The zero-order valence-electron chi connectivity index (χ0n) is 11.1. The van der Waals surface area contributed by atoms with Crippen LogP contribution in [0.5, 0.6) is 0 Å². The zero-order chi connectivity index (χ0) is 13.0. The van der Waals surface area contributed by atoms with Crippen LogP contribution in [-0.4, -0.2) is 24.5 Å². The van der Waals surface area contributed by atoms with Gasteiger partial charge in [0.15, 0.2) is 5.65 Å². The smallest absolute Gasteiger partial charge is 0.183 e. The maximum absolute atomic E-state index is 4.42. The van der Waals surface area contributed by atoms with Gasteiger partial charge in [0, 0.05) is 24.1 Å². The van der Waals surface area contributed by atoms with Crippen molar-refractivity contribution in [3.05, 3.63) is 35.3 Å². The first-order valence-corrected chi connectivity index (χ1v) is 6.62. The molecule has 1 aliphatic heterocycles. The normalized spacial score (nSPS) is 14.2. The topological polar surface area (TPSA) is 48.5 Å². The predicted octanol–water partition coefficient (Wildman–Crippen LogP) is 2.18. The highest BCUT2D eigenvalue weighted by molar-refractivity contribution is 5.72. The van der Waals surface area contributed by atoms with Crippen LogP contribution >= 0.6 is 0 Å². The van der Waals surface area contributed by atoms with Gasteiger partial charge in [-0.1, -0.05) is 5.21 Å². The van der Waals surface area contributed by atoms with Crippen molar-refractivity contribution in [1.29, 1.82) is 0 Å². The fourth-order valence-electron chi connectivity index (χ4n) is 3.08. The zero-order valence-corrected chi connectivity index (χ0v) is 11.1. The van der Waals surface area contributed by atoms with E-state index in [0.29, 0.717) is 0 Å². The number of aromatic nitrogens is 5. The third-order valence-electron chi connectivity index (χ3n) is 4.12. The van der Waals surface area contributed by atoms with E-state index >= 15 is 0 Å². The number of rotatable bonds is 1. The second-order valence-electron chi connectivity index (χ2n) is 5.11. The Bertz CT molecular complexity index is 781. The Morgan fingerprint density at radius 3 is 3.05 bits per heavy atom. The third-order valence-corrected chi connectivity index (χ3v) is 4.12. The van der Waals surface area contributed by atoms with Gasteiger partial charge in [-0.15, -0.1) is 5.10 Å². The standard InChI is InChI=1S/C14H15N5/c1-9-10(2)18-8-4-6-12(18)13(9)19-14-11(16-17-19)5-3-7-15-14/h3,5,7H,4,6,8H2,1-2H3. The number of hydrogen-bond acceptors (Lipinski definition) is 3. The van der Waals surface area contributed by atoms with Crippen molar-refractivity contribution in [2.45, 2.75) is 33.2 Å². The number of fused-ring (bicyclic) bond motifs is 2. The fourth-order valence-corrected chi connectivity index (χ4v) is 3.08. The van der Waals surface area contributed by atoms with Crippen LogP contribution in [-0.2, 0) is 13.0 Å². The molecule has 1 aliphatic rings. The van der Waals surface area contributed by atoms with E-state index in [1.807, 2.05) is 16.8 Å². The molecule has 0 radical (unpaired) electrons. The highest BCUT2D eigenvalue weighted by atomic mass is 15.4. The van der Waals surface area contributed by atoms with Gasteiger partial charge in [-0.3, -0.25) is 0 Å². The Balaban J connectivity index is 2.06. The van der Waals surface area contributed by atoms with Crippen LogP contribution < -0.4 is 0 Å². The van der Waals surface area contributed by atoms with Crippen LogP contribution in [0.4, 0.5) is 0 Å². The summed E-state index contributed by atoms with van der Waals surface area (Å²) in [5.41, 5.74) is 6.85. The molecule has 0 bridgehead atoms. The second-order valence-corrected chi connectivity index (χ2v) is 5.11. The lowest BCUT2D eigenvalue weighted by atomic mass is 10.2. The quantitative estimate of drug-likeness (QED) is 0.668. The Hall–Kier alpha value is -2.17. The summed E-state index contributed by atoms with van der Waals surface area (Å²) in [4.78, 5) is 4.42. The van der Waals surface area contributed by atoms with Crippen molar-refractivity contribution >= 4 is 11.2 Å². The Morgan fingerprint density at radius 1 is 1.26 bits per heavy atom. The van der Waals surface area contributed by atoms with Gasteiger partial charge in [-0.25, -0.2) is 4.98 Å². The molecule has 5 heteroatoms. The van der Waals surface area contributed by atoms with Crippen LogP contribution in [0.2, 0.25) is 0 Å². The average molecular weight is 253 g/mol. The maximum Gasteiger partial charge on any atom is 0.183 e. The van der Waals surface area contributed by atoms with Gasteiger partial charge in [0.25, 0.3) is 0 Å². The second kappa shape index (κ2) is 3.66. The van der Waals surface area contributed by atoms with E-state index in [2.05, 4.69) is 33.7 Å². The van der Waals surface area contributed by atoms with E-state index in [4.69, 9.17) is 0 Å². The summed E-state index contributed by atoms with van der Waals surface area (Å²) in [5.74, 6) is 0. The van der Waals surface area contributed by atoms with Crippen molar-refractivity contribution in [2.75, 3.05) is 0 Å². The molecule has 3 aromatic rings. The molecule has 0 saturated heterocycles. The van der Waals surface area contributed by atoms with E-state index in [1.165, 1.54) is 29.1 Å². The molecule has 4 rings (SSSR count). The number of hydrogen-bond donors (Lipinski definition) is 0. The monoisotopic (exact) mass is 253 g/mol. The predicted molar refractivity (Wildman–Crippen MR) is 72.4 cm³/mol. The lowest BCUT2D eigenvalue weighted by Gasteiger charge is -2.03. The van der Waals surface area contributed by atoms with Gasteiger partial charge in [-0.2, -0.15) is 4.68 Å². The van der Waals surface area contributed by atoms with Gasteiger partial charge in [0.2, 0.25) is 0 Å². The van der Waals surface area contributed by atoms with Gasteiger partial charge in [0.1, 0.15) is 5.52 Å². The van der Waals surface area contributed by atoms with Gasteiger partial charge in [-0.05, 0) is 44.4 Å². The molecule has 0 saturated carbocycles. The average Bonchev–Trinajstić information content (AvgIpc) is 3.10. The Morgan fingerprint density at radius 2 is 2.16 bits per heavy atom. The van der Waals surface area contributed by atoms with Crippen molar-refractivity contribution in [1.82, 2.24) is 24.5 Å². The van der Waals surface area contributed by atoms with E-state index in [-0.39, 0.29) is 0 Å². The molecule has 19 heavy (non-hydrogen) atoms. The summed E-state index contributed by atoms with van der Waals surface area (Å²) < 4.78 is 4.30. The summed E-state index contributed by atoms with van der Waals surface area (Å²) in [6.45, 7) is 5.45. The first-order chi connectivity index (χ1) is 9.27. The van der Waals surface area contributed by atoms with E-state index < -0.39 is 0 Å². The van der Waals surface area contributed by atoms with Gasteiger partial charge >= 0.3 is 0 Å². The van der Waals surface area contributed by atoms with Crippen LogP contribution in [0.3, 0.4) is 0 Å². The van der Waals surface area contributed by atoms with Crippen LogP contribution in [0, 0.1) is 13.8 Å². The Kier molecular flexibility index (Phi) is 2.07. The van der Waals surface area contributed by atoms with E-state index in [1.54, 1.807) is 6.20 Å². The lowest BCUT2D eigenvalue weighted by molar-refractivity contribution is 0.726. The molecule has 5 nitrogen and oxygen atoms in total. The molecular weight excluding hydrogens is 238 g/mol. The van der Waals surface area contributed by atoms with Crippen molar-refractivity contribution in [3.8, 4) is 5.69 Å². The van der Waals surface area contributed by atoms with E-state index in [0.717, 1.165) is 24.1 Å². The molecular formula is C14H15N5. The minimum atomic E-state index is 0.839. The van der Waals surface area contributed by atoms with Crippen LogP contribution in [0.1, 0.15) is 23.4 Å². The molecule has 0 N–H and O–H groups in total. The van der Waals surface area contributed by atoms with Crippen molar-refractivity contribution < 1.29 is 0 Å². The molecule has 0 atom stereocenters. The summed E-state index contributed by atoms with van der Waals surface area (Å²) in [7, 11) is 0. The highest BCUT2D eigenvalue weighted by Gasteiger charge is 2.24. The highest BCUT2D eigenvalue weighted by Crippen LogP contribution is 2.31. The molecule has 0 amide bonds. The minimum Gasteiger partial charge on any atom is -0.347 e. The minimum absolute atomic E-state index is 0.839. The first-order valence-electron chi connectivity index (χ1n) is 6.62. The largest absolute Gasteiger partial charge is 0.347 e. The van der Waals surface area contributed by atoms with Crippen LogP contribution in [0.25, 0.3) is 16.9 Å². The molecule has 0 aliphatic carbocycles. The molecule has 0 unspecified atom stereocenters. The molecule has 4 heterocycles. The third kappa shape index (κ3) is 1.32. The molecule has 0 spiro atoms. The lowest BCUT2D eigenvalue weighted by Crippen LogP contribution is -2.02. The summed E-state index contributed by atoms with van der Waals surface area (Å²) >= 11 is 0. The summed E-state index contributed by atoms with van der Waals surface area (Å²) in [6, 6.07) is 3.84. The first kappa shape index (κ1) is 10.7. The van der Waals surface area contributed by atoms with Crippen molar-refractivity contribution in [3.63, 3.8) is 0 Å². The molecule has 0 fully saturated rings.